The van der Waals surface area contributed by atoms with E-state index in [1.54, 1.807) is 0 Å². The lowest BCUT2D eigenvalue weighted by atomic mass is 10.3. The second kappa shape index (κ2) is 5.84. The maximum atomic E-state index is 4.67. The number of hydrogen-bond acceptors (Lipinski definition) is 5. The molecule has 2 heterocycles. The van der Waals surface area contributed by atoms with Crippen LogP contribution in [-0.4, -0.2) is 54.6 Å². The van der Waals surface area contributed by atoms with Gasteiger partial charge in [-0.3, -0.25) is 9.88 Å². The van der Waals surface area contributed by atoms with Gasteiger partial charge in [-0.25, -0.2) is 4.98 Å². The summed E-state index contributed by atoms with van der Waals surface area (Å²) in [6, 6.07) is 0. The van der Waals surface area contributed by atoms with E-state index in [1.165, 1.54) is 19.4 Å². The van der Waals surface area contributed by atoms with Gasteiger partial charge < -0.3 is 10.2 Å². The van der Waals surface area contributed by atoms with Crippen LogP contribution in [0.15, 0.2) is 12.4 Å². The highest BCUT2D eigenvalue weighted by Crippen LogP contribution is 2.30. The Balaban J connectivity index is 1.56. The van der Waals surface area contributed by atoms with E-state index in [0.717, 1.165) is 50.2 Å². The van der Waals surface area contributed by atoms with E-state index in [1.807, 2.05) is 19.4 Å². The van der Waals surface area contributed by atoms with Crippen molar-refractivity contribution in [2.45, 2.75) is 19.4 Å². The molecule has 5 heteroatoms. The van der Waals surface area contributed by atoms with Gasteiger partial charge in [0.05, 0.1) is 11.9 Å². The molecule has 2 aliphatic rings. The van der Waals surface area contributed by atoms with Gasteiger partial charge in [0.1, 0.15) is 5.82 Å². The number of piperazine rings is 1. The van der Waals surface area contributed by atoms with Crippen LogP contribution in [0.2, 0.25) is 0 Å². The summed E-state index contributed by atoms with van der Waals surface area (Å²) in [6.45, 7) is 6.56. The Morgan fingerprint density at radius 1 is 1.21 bits per heavy atom. The summed E-state index contributed by atoms with van der Waals surface area (Å²) in [7, 11) is 1.94. The first-order valence-electron chi connectivity index (χ1n) is 7.28. The molecule has 0 bridgehead atoms. The van der Waals surface area contributed by atoms with E-state index in [2.05, 4.69) is 25.1 Å². The predicted octanol–water partition coefficient (Wildman–Crippen LogP) is 0.728. The maximum Gasteiger partial charge on any atom is 0.147 e. The predicted molar refractivity (Wildman–Crippen MR) is 76.2 cm³/mol. The fraction of sp³-hybridized carbons (Fsp3) is 0.714. The number of anilines is 1. The van der Waals surface area contributed by atoms with Crippen molar-refractivity contribution in [1.82, 2.24) is 20.2 Å². The normalized spacial score (nSPS) is 20.8. The lowest BCUT2D eigenvalue weighted by molar-refractivity contribution is 0.247. The second-order valence-corrected chi connectivity index (χ2v) is 5.63. The molecule has 1 saturated carbocycles. The van der Waals surface area contributed by atoms with Gasteiger partial charge in [-0.2, -0.15) is 0 Å². The molecule has 0 atom stereocenters. The second-order valence-electron chi connectivity index (χ2n) is 5.63. The van der Waals surface area contributed by atoms with Gasteiger partial charge in [0, 0.05) is 45.5 Å². The van der Waals surface area contributed by atoms with E-state index in [9.17, 15) is 0 Å². The summed E-state index contributed by atoms with van der Waals surface area (Å²) in [5.74, 6) is 2.02. The largest absolute Gasteiger partial charge is 0.353 e. The molecule has 1 aliphatic heterocycles. The van der Waals surface area contributed by atoms with Gasteiger partial charge in [0.2, 0.25) is 0 Å². The summed E-state index contributed by atoms with van der Waals surface area (Å²) < 4.78 is 0. The maximum absolute atomic E-state index is 4.67. The molecule has 1 N–H and O–H groups in total. The van der Waals surface area contributed by atoms with Gasteiger partial charge in [-0.05, 0) is 25.8 Å². The Morgan fingerprint density at radius 3 is 2.68 bits per heavy atom. The van der Waals surface area contributed by atoms with Crippen LogP contribution in [0.25, 0.3) is 0 Å². The fourth-order valence-corrected chi connectivity index (χ4v) is 2.64. The molecule has 1 aliphatic carbocycles. The zero-order valence-corrected chi connectivity index (χ0v) is 11.7. The molecular formula is C14H23N5. The molecule has 1 saturated heterocycles. The van der Waals surface area contributed by atoms with Crippen LogP contribution < -0.4 is 10.2 Å². The third-order valence-electron chi connectivity index (χ3n) is 3.94. The van der Waals surface area contributed by atoms with Crippen molar-refractivity contribution in [3.8, 4) is 0 Å². The van der Waals surface area contributed by atoms with Gasteiger partial charge in [-0.15, -0.1) is 0 Å². The van der Waals surface area contributed by atoms with Crippen molar-refractivity contribution >= 4 is 5.82 Å². The van der Waals surface area contributed by atoms with Crippen LogP contribution in [0.1, 0.15) is 18.5 Å². The van der Waals surface area contributed by atoms with Gasteiger partial charge in [-0.1, -0.05) is 0 Å². The average molecular weight is 261 g/mol. The quantitative estimate of drug-likeness (QED) is 0.846. The van der Waals surface area contributed by atoms with E-state index in [0.29, 0.717) is 0 Å². The average Bonchev–Trinajstić information content (AvgIpc) is 3.24. The van der Waals surface area contributed by atoms with Crippen molar-refractivity contribution in [3.05, 3.63) is 18.1 Å². The highest BCUT2D eigenvalue weighted by Gasteiger charge is 2.26. The SMILES string of the molecule is CNCc1cncc(N2CCN(CC3CC3)CC2)n1. The molecule has 5 nitrogen and oxygen atoms in total. The molecule has 0 unspecified atom stereocenters. The van der Waals surface area contributed by atoms with Crippen LogP contribution >= 0.6 is 0 Å². The summed E-state index contributed by atoms with van der Waals surface area (Å²) in [5.41, 5.74) is 1.01. The Kier molecular flexibility index (Phi) is 3.94. The molecule has 104 valence electrons. The zero-order chi connectivity index (χ0) is 13.1. The zero-order valence-electron chi connectivity index (χ0n) is 11.7. The number of nitrogens with one attached hydrogen (secondary N) is 1. The van der Waals surface area contributed by atoms with Crippen molar-refractivity contribution in [1.29, 1.82) is 0 Å². The Morgan fingerprint density at radius 2 is 2.00 bits per heavy atom. The minimum atomic E-state index is 0.780. The van der Waals surface area contributed by atoms with Crippen molar-refractivity contribution in [3.63, 3.8) is 0 Å². The molecule has 19 heavy (non-hydrogen) atoms. The molecule has 1 aromatic rings. The summed E-state index contributed by atoms with van der Waals surface area (Å²) in [5, 5.41) is 3.12. The van der Waals surface area contributed by atoms with E-state index < -0.39 is 0 Å². The molecule has 0 spiro atoms. The first kappa shape index (κ1) is 12.8. The molecule has 3 rings (SSSR count). The molecule has 0 radical (unpaired) electrons. The van der Waals surface area contributed by atoms with Crippen molar-refractivity contribution < 1.29 is 0 Å². The third kappa shape index (κ3) is 3.42. The van der Waals surface area contributed by atoms with Crippen LogP contribution in [-0.2, 0) is 6.54 Å². The van der Waals surface area contributed by atoms with Crippen LogP contribution in [0.5, 0.6) is 0 Å². The third-order valence-corrected chi connectivity index (χ3v) is 3.94. The molecule has 1 aromatic heterocycles. The number of hydrogen-bond donors (Lipinski definition) is 1. The minimum absolute atomic E-state index is 0.780. The lowest BCUT2D eigenvalue weighted by Crippen LogP contribution is -2.47. The lowest BCUT2D eigenvalue weighted by Gasteiger charge is -2.35. The standard InChI is InChI=1S/C14H23N5/c1-15-8-13-9-16-10-14(17-13)19-6-4-18(5-7-19)11-12-2-3-12/h9-10,12,15H,2-8,11H2,1H3. The summed E-state index contributed by atoms with van der Waals surface area (Å²) in [6.07, 6.45) is 6.61. The molecule has 0 amide bonds. The summed E-state index contributed by atoms with van der Waals surface area (Å²) >= 11 is 0. The minimum Gasteiger partial charge on any atom is -0.353 e. The number of nitrogens with zero attached hydrogens (tertiary/aromatic N) is 4. The van der Waals surface area contributed by atoms with Crippen LogP contribution in [0, 0.1) is 5.92 Å². The van der Waals surface area contributed by atoms with Crippen molar-refractivity contribution in [2.24, 2.45) is 5.92 Å². The fourth-order valence-electron chi connectivity index (χ4n) is 2.64. The summed E-state index contributed by atoms with van der Waals surface area (Å²) in [4.78, 5) is 13.9. The smallest absolute Gasteiger partial charge is 0.147 e. The van der Waals surface area contributed by atoms with Crippen LogP contribution in [0.4, 0.5) is 5.82 Å². The van der Waals surface area contributed by atoms with Gasteiger partial charge in [0.15, 0.2) is 0 Å². The topological polar surface area (TPSA) is 44.3 Å². The van der Waals surface area contributed by atoms with Crippen LogP contribution in [0.3, 0.4) is 0 Å². The Hall–Kier alpha value is -1.20. The highest BCUT2D eigenvalue weighted by atomic mass is 15.3. The van der Waals surface area contributed by atoms with E-state index in [-0.39, 0.29) is 0 Å². The molecule has 0 aromatic carbocycles. The van der Waals surface area contributed by atoms with Gasteiger partial charge in [0.25, 0.3) is 0 Å². The Bertz CT molecular complexity index is 410. The van der Waals surface area contributed by atoms with Gasteiger partial charge >= 0.3 is 0 Å². The molecule has 2 fully saturated rings. The van der Waals surface area contributed by atoms with E-state index in [4.69, 9.17) is 0 Å². The number of aromatic nitrogens is 2. The number of rotatable bonds is 5. The van der Waals surface area contributed by atoms with E-state index >= 15 is 0 Å². The first-order chi connectivity index (χ1) is 9.35. The monoisotopic (exact) mass is 261 g/mol. The molecular weight excluding hydrogens is 238 g/mol. The Labute approximate surface area is 115 Å². The highest BCUT2D eigenvalue weighted by molar-refractivity contribution is 5.37. The first-order valence-corrected chi connectivity index (χ1v) is 7.28. The van der Waals surface area contributed by atoms with Crippen molar-refractivity contribution in [2.75, 3.05) is 44.7 Å².